The van der Waals surface area contributed by atoms with E-state index >= 15 is 0 Å². The van der Waals surface area contributed by atoms with Gasteiger partial charge < -0.3 is 10.5 Å². The van der Waals surface area contributed by atoms with E-state index in [9.17, 15) is 4.39 Å². The van der Waals surface area contributed by atoms with Crippen molar-refractivity contribution >= 4 is 0 Å². The fourth-order valence-corrected chi connectivity index (χ4v) is 1.36. The molecule has 2 N–H and O–H groups in total. The van der Waals surface area contributed by atoms with Gasteiger partial charge in [-0.05, 0) is 38.5 Å². The standard InChI is InChI=1S/C12H18FNO/c1-12(2,3)15-11(8-14)9-4-6-10(13)7-5-9/h4-7,11H,8,14H2,1-3H3. The highest BCUT2D eigenvalue weighted by atomic mass is 19.1. The molecule has 1 rings (SSSR count). The summed E-state index contributed by atoms with van der Waals surface area (Å²) in [5.74, 6) is -0.245. The highest BCUT2D eigenvalue weighted by molar-refractivity contribution is 5.19. The van der Waals surface area contributed by atoms with Gasteiger partial charge >= 0.3 is 0 Å². The molecule has 84 valence electrons. The van der Waals surface area contributed by atoms with E-state index in [1.807, 2.05) is 20.8 Å². The minimum atomic E-state index is -0.252. The van der Waals surface area contributed by atoms with Crippen LogP contribution in [-0.4, -0.2) is 12.1 Å². The Hall–Kier alpha value is -0.930. The maximum absolute atomic E-state index is 12.7. The summed E-state index contributed by atoms with van der Waals surface area (Å²) in [6, 6.07) is 6.26. The zero-order valence-corrected chi connectivity index (χ0v) is 9.46. The van der Waals surface area contributed by atoms with Crippen molar-refractivity contribution < 1.29 is 9.13 Å². The van der Waals surface area contributed by atoms with Crippen LogP contribution in [-0.2, 0) is 4.74 Å². The smallest absolute Gasteiger partial charge is 0.123 e. The van der Waals surface area contributed by atoms with Gasteiger partial charge in [0.15, 0.2) is 0 Å². The summed E-state index contributed by atoms with van der Waals surface area (Å²) in [5.41, 5.74) is 6.29. The first-order valence-corrected chi connectivity index (χ1v) is 5.06. The lowest BCUT2D eigenvalue weighted by molar-refractivity contribution is -0.0572. The molecule has 0 aliphatic rings. The monoisotopic (exact) mass is 211 g/mol. The van der Waals surface area contributed by atoms with Gasteiger partial charge in [0, 0.05) is 6.54 Å². The zero-order chi connectivity index (χ0) is 11.5. The largest absolute Gasteiger partial charge is 0.367 e. The van der Waals surface area contributed by atoms with Crippen LogP contribution in [0.15, 0.2) is 24.3 Å². The van der Waals surface area contributed by atoms with Crippen molar-refractivity contribution in [2.45, 2.75) is 32.5 Å². The van der Waals surface area contributed by atoms with Crippen LogP contribution >= 0.6 is 0 Å². The first-order valence-electron chi connectivity index (χ1n) is 5.06. The highest BCUT2D eigenvalue weighted by Gasteiger charge is 2.18. The Labute approximate surface area is 90.2 Å². The molecule has 2 nitrogen and oxygen atoms in total. The van der Waals surface area contributed by atoms with E-state index in [-0.39, 0.29) is 17.5 Å². The second kappa shape index (κ2) is 4.73. The maximum Gasteiger partial charge on any atom is 0.123 e. The number of halogens is 1. The molecule has 1 atom stereocenters. The lowest BCUT2D eigenvalue weighted by Gasteiger charge is -2.27. The van der Waals surface area contributed by atoms with Crippen molar-refractivity contribution in [1.29, 1.82) is 0 Å². The van der Waals surface area contributed by atoms with Crippen LogP contribution in [0.5, 0.6) is 0 Å². The molecule has 1 aromatic carbocycles. The molecule has 0 aliphatic heterocycles. The van der Waals surface area contributed by atoms with Gasteiger partial charge in [-0.2, -0.15) is 0 Å². The van der Waals surface area contributed by atoms with Crippen LogP contribution in [0, 0.1) is 5.82 Å². The second-order valence-corrected chi connectivity index (χ2v) is 4.51. The average Bonchev–Trinajstić information content (AvgIpc) is 2.14. The van der Waals surface area contributed by atoms with E-state index in [1.165, 1.54) is 12.1 Å². The number of benzene rings is 1. The van der Waals surface area contributed by atoms with Crippen LogP contribution in [0.2, 0.25) is 0 Å². The molecular weight excluding hydrogens is 193 g/mol. The first kappa shape index (κ1) is 12.1. The third kappa shape index (κ3) is 3.98. The molecule has 0 saturated heterocycles. The van der Waals surface area contributed by atoms with Crippen LogP contribution in [0.1, 0.15) is 32.4 Å². The molecule has 1 unspecified atom stereocenters. The predicted molar refractivity (Wildman–Crippen MR) is 59.0 cm³/mol. The normalized spacial score (nSPS) is 13.9. The van der Waals surface area contributed by atoms with E-state index in [0.717, 1.165) is 5.56 Å². The predicted octanol–water partition coefficient (Wildman–Crippen LogP) is 2.64. The third-order valence-electron chi connectivity index (χ3n) is 1.95. The van der Waals surface area contributed by atoms with Crippen molar-refractivity contribution in [2.24, 2.45) is 5.73 Å². The van der Waals surface area contributed by atoms with Crippen molar-refractivity contribution in [3.05, 3.63) is 35.6 Å². The van der Waals surface area contributed by atoms with Crippen molar-refractivity contribution in [2.75, 3.05) is 6.54 Å². The molecule has 0 bridgehead atoms. The van der Waals surface area contributed by atoms with Crippen molar-refractivity contribution in [3.63, 3.8) is 0 Å². The Kier molecular flexibility index (Phi) is 3.83. The molecule has 1 aromatic rings. The number of nitrogens with two attached hydrogens (primary N) is 1. The SMILES string of the molecule is CC(C)(C)OC(CN)c1ccc(F)cc1. The second-order valence-electron chi connectivity index (χ2n) is 4.51. The Morgan fingerprint density at radius 3 is 2.20 bits per heavy atom. The molecule has 15 heavy (non-hydrogen) atoms. The van der Waals surface area contributed by atoms with E-state index in [4.69, 9.17) is 10.5 Å². The Morgan fingerprint density at radius 2 is 1.80 bits per heavy atom. The molecule has 0 spiro atoms. The summed E-state index contributed by atoms with van der Waals surface area (Å²) in [5, 5.41) is 0. The fourth-order valence-electron chi connectivity index (χ4n) is 1.36. The van der Waals surface area contributed by atoms with Gasteiger partial charge in [0.05, 0.1) is 11.7 Å². The minimum absolute atomic E-state index is 0.175. The van der Waals surface area contributed by atoms with E-state index in [0.29, 0.717) is 6.54 Å². The summed E-state index contributed by atoms with van der Waals surface area (Å²) < 4.78 is 18.5. The van der Waals surface area contributed by atoms with E-state index in [1.54, 1.807) is 12.1 Å². The highest BCUT2D eigenvalue weighted by Crippen LogP contribution is 2.22. The van der Waals surface area contributed by atoms with E-state index in [2.05, 4.69) is 0 Å². The van der Waals surface area contributed by atoms with Gasteiger partial charge in [0.2, 0.25) is 0 Å². The quantitative estimate of drug-likeness (QED) is 0.834. The average molecular weight is 211 g/mol. The van der Waals surface area contributed by atoms with Crippen molar-refractivity contribution in [1.82, 2.24) is 0 Å². The molecule has 0 heterocycles. The molecule has 0 aromatic heterocycles. The summed E-state index contributed by atoms with van der Waals surface area (Å²) in [6.07, 6.45) is -0.175. The molecule has 0 aliphatic carbocycles. The molecule has 0 amide bonds. The molecule has 0 saturated carbocycles. The zero-order valence-electron chi connectivity index (χ0n) is 9.46. The number of hydrogen-bond acceptors (Lipinski definition) is 2. The lowest BCUT2D eigenvalue weighted by Crippen LogP contribution is -2.27. The van der Waals surface area contributed by atoms with Crippen LogP contribution in [0.4, 0.5) is 4.39 Å². The fraction of sp³-hybridized carbons (Fsp3) is 0.500. The molecule has 0 fully saturated rings. The molecular formula is C12H18FNO. The van der Waals surface area contributed by atoms with E-state index < -0.39 is 0 Å². The van der Waals surface area contributed by atoms with Gasteiger partial charge in [-0.25, -0.2) is 4.39 Å². The summed E-state index contributed by atoms with van der Waals surface area (Å²) in [7, 11) is 0. The maximum atomic E-state index is 12.7. The van der Waals surface area contributed by atoms with Crippen LogP contribution in [0.25, 0.3) is 0 Å². The Morgan fingerprint density at radius 1 is 1.27 bits per heavy atom. The third-order valence-corrected chi connectivity index (χ3v) is 1.95. The number of ether oxygens (including phenoxy) is 1. The van der Waals surface area contributed by atoms with Gasteiger partial charge in [-0.15, -0.1) is 0 Å². The lowest BCUT2D eigenvalue weighted by atomic mass is 10.1. The number of rotatable bonds is 3. The van der Waals surface area contributed by atoms with Gasteiger partial charge in [0.1, 0.15) is 5.82 Å². The summed E-state index contributed by atoms with van der Waals surface area (Å²) >= 11 is 0. The van der Waals surface area contributed by atoms with Gasteiger partial charge in [-0.1, -0.05) is 12.1 Å². The molecule has 3 heteroatoms. The van der Waals surface area contributed by atoms with Crippen LogP contribution in [0.3, 0.4) is 0 Å². The van der Waals surface area contributed by atoms with Gasteiger partial charge in [-0.3, -0.25) is 0 Å². The summed E-state index contributed by atoms with van der Waals surface area (Å²) in [6.45, 7) is 6.31. The Balaban J connectivity index is 2.79. The summed E-state index contributed by atoms with van der Waals surface area (Å²) in [4.78, 5) is 0. The Bertz CT molecular complexity index is 302. The topological polar surface area (TPSA) is 35.2 Å². The van der Waals surface area contributed by atoms with Crippen molar-refractivity contribution in [3.8, 4) is 0 Å². The van der Waals surface area contributed by atoms with Gasteiger partial charge in [0.25, 0.3) is 0 Å². The number of hydrogen-bond donors (Lipinski definition) is 1. The van der Waals surface area contributed by atoms with Crippen LogP contribution < -0.4 is 5.73 Å². The first-order chi connectivity index (χ1) is 6.92. The minimum Gasteiger partial charge on any atom is -0.367 e. The molecule has 0 radical (unpaired) electrons.